The lowest BCUT2D eigenvalue weighted by Crippen LogP contribution is -2.35. The van der Waals surface area contributed by atoms with E-state index in [1.165, 1.54) is 12.8 Å². The smallest absolute Gasteiger partial charge is 0.227 e. The number of aromatic nitrogens is 2. The molecule has 1 atom stereocenters. The molecule has 1 aliphatic rings. The first kappa shape index (κ1) is 15.0. The van der Waals surface area contributed by atoms with Gasteiger partial charge in [-0.1, -0.05) is 19.1 Å². The number of anilines is 2. The molecule has 0 radical (unpaired) electrons. The van der Waals surface area contributed by atoms with E-state index in [-0.39, 0.29) is 6.61 Å². The summed E-state index contributed by atoms with van der Waals surface area (Å²) >= 11 is 0. The topological polar surface area (TPSA) is 61.3 Å². The SMILES string of the molecule is C[C@H]1CCCN(c2nc(NCCCO)c3ccccc3n2)C1. The molecule has 0 aliphatic carbocycles. The van der Waals surface area contributed by atoms with E-state index in [9.17, 15) is 0 Å². The van der Waals surface area contributed by atoms with Gasteiger partial charge in [0.2, 0.25) is 5.95 Å². The van der Waals surface area contributed by atoms with Crippen LogP contribution in [-0.2, 0) is 0 Å². The van der Waals surface area contributed by atoms with E-state index in [0.29, 0.717) is 18.9 Å². The van der Waals surface area contributed by atoms with Crippen molar-refractivity contribution in [3.8, 4) is 0 Å². The molecule has 1 aliphatic heterocycles. The maximum atomic E-state index is 8.96. The molecule has 0 saturated carbocycles. The fraction of sp³-hybridized carbons (Fsp3) is 0.529. The maximum absolute atomic E-state index is 8.96. The van der Waals surface area contributed by atoms with Crippen LogP contribution in [0.3, 0.4) is 0 Å². The number of hydrogen-bond acceptors (Lipinski definition) is 5. The molecule has 0 bridgehead atoms. The van der Waals surface area contributed by atoms with E-state index in [1.807, 2.05) is 24.3 Å². The summed E-state index contributed by atoms with van der Waals surface area (Å²) in [7, 11) is 0. The van der Waals surface area contributed by atoms with Gasteiger partial charge in [0.25, 0.3) is 0 Å². The van der Waals surface area contributed by atoms with Crippen LogP contribution in [0.25, 0.3) is 10.9 Å². The average Bonchev–Trinajstić information content (AvgIpc) is 2.55. The van der Waals surface area contributed by atoms with Gasteiger partial charge >= 0.3 is 0 Å². The van der Waals surface area contributed by atoms with Crippen LogP contribution in [0.4, 0.5) is 11.8 Å². The van der Waals surface area contributed by atoms with E-state index in [4.69, 9.17) is 15.1 Å². The first-order valence-electron chi connectivity index (χ1n) is 8.14. The van der Waals surface area contributed by atoms with Crippen molar-refractivity contribution < 1.29 is 5.11 Å². The Balaban J connectivity index is 1.93. The summed E-state index contributed by atoms with van der Waals surface area (Å²) in [6.45, 7) is 5.24. The first-order chi connectivity index (χ1) is 10.8. The van der Waals surface area contributed by atoms with Gasteiger partial charge in [-0.2, -0.15) is 4.98 Å². The zero-order chi connectivity index (χ0) is 15.4. The van der Waals surface area contributed by atoms with Crippen LogP contribution >= 0.6 is 0 Å². The second kappa shape index (κ2) is 6.92. The Morgan fingerprint density at radius 1 is 1.32 bits per heavy atom. The van der Waals surface area contributed by atoms with E-state index in [2.05, 4.69) is 17.1 Å². The van der Waals surface area contributed by atoms with Crippen molar-refractivity contribution >= 4 is 22.7 Å². The summed E-state index contributed by atoms with van der Waals surface area (Å²) < 4.78 is 0. The highest BCUT2D eigenvalue weighted by Crippen LogP contribution is 2.26. The molecule has 0 unspecified atom stereocenters. The van der Waals surface area contributed by atoms with Crippen LogP contribution in [0.1, 0.15) is 26.2 Å². The summed E-state index contributed by atoms with van der Waals surface area (Å²) in [4.78, 5) is 11.8. The minimum Gasteiger partial charge on any atom is -0.396 e. The number of rotatable bonds is 5. The fourth-order valence-corrected chi connectivity index (χ4v) is 3.00. The minimum atomic E-state index is 0.187. The van der Waals surface area contributed by atoms with Crippen molar-refractivity contribution in [2.45, 2.75) is 26.2 Å². The van der Waals surface area contributed by atoms with Gasteiger partial charge in [0.05, 0.1) is 5.52 Å². The molecule has 2 aromatic rings. The van der Waals surface area contributed by atoms with E-state index >= 15 is 0 Å². The van der Waals surface area contributed by atoms with Crippen molar-refractivity contribution in [2.24, 2.45) is 5.92 Å². The number of aliphatic hydroxyl groups excluding tert-OH is 1. The predicted molar refractivity (Wildman–Crippen MR) is 90.3 cm³/mol. The van der Waals surface area contributed by atoms with Crippen LogP contribution in [-0.4, -0.2) is 41.3 Å². The number of fused-ring (bicyclic) bond motifs is 1. The van der Waals surface area contributed by atoms with Crippen molar-refractivity contribution in [1.82, 2.24) is 9.97 Å². The molecule has 1 aromatic carbocycles. The van der Waals surface area contributed by atoms with Gasteiger partial charge in [0, 0.05) is 31.6 Å². The lowest BCUT2D eigenvalue weighted by atomic mass is 10.0. The Kier molecular flexibility index (Phi) is 4.73. The summed E-state index contributed by atoms with van der Waals surface area (Å²) in [6.07, 6.45) is 3.20. The second-order valence-corrected chi connectivity index (χ2v) is 6.09. The Hall–Kier alpha value is -1.88. The van der Waals surface area contributed by atoms with Gasteiger partial charge in [-0.3, -0.25) is 0 Å². The molecule has 5 heteroatoms. The molecular weight excluding hydrogens is 276 g/mol. The molecule has 3 rings (SSSR count). The Labute approximate surface area is 131 Å². The van der Waals surface area contributed by atoms with Gasteiger partial charge in [-0.15, -0.1) is 0 Å². The molecule has 2 heterocycles. The normalized spacial score (nSPS) is 18.6. The molecular formula is C17H24N4O. The van der Waals surface area contributed by atoms with Gasteiger partial charge in [-0.05, 0) is 37.3 Å². The van der Waals surface area contributed by atoms with Crippen LogP contribution in [0.5, 0.6) is 0 Å². The summed E-state index contributed by atoms with van der Waals surface area (Å²) in [5.41, 5.74) is 0.970. The largest absolute Gasteiger partial charge is 0.396 e. The van der Waals surface area contributed by atoms with Gasteiger partial charge < -0.3 is 15.3 Å². The molecule has 1 aromatic heterocycles. The lowest BCUT2D eigenvalue weighted by Gasteiger charge is -2.31. The van der Waals surface area contributed by atoms with Crippen molar-refractivity contribution in [2.75, 3.05) is 36.5 Å². The molecule has 1 saturated heterocycles. The lowest BCUT2D eigenvalue weighted by molar-refractivity contribution is 0.292. The number of para-hydroxylation sites is 1. The average molecular weight is 300 g/mol. The molecule has 2 N–H and O–H groups in total. The van der Waals surface area contributed by atoms with Crippen LogP contribution in [0, 0.1) is 5.92 Å². The monoisotopic (exact) mass is 300 g/mol. The van der Waals surface area contributed by atoms with Crippen molar-refractivity contribution in [3.05, 3.63) is 24.3 Å². The van der Waals surface area contributed by atoms with Crippen molar-refractivity contribution in [3.63, 3.8) is 0 Å². The first-order valence-corrected chi connectivity index (χ1v) is 8.14. The number of hydrogen-bond donors (Lipinski definition) is 2. The van der Waals surface area contributed by atoms with E-state index in [0.717, 1.165) is 35.8 Å². The zero-order valence-electron chi connectivity index (χ0n) is 13.1. The zero-order valence-corrected chi connectivity index (χ0v) is 13.1. The van der Waals surface area contributed by atoms with E-state index in [1.54, 1.807) is 0 Å². The Morgan fingerprint density at radius 2 is 2.18 bits per heavy atom. The standard InChI is InChI=1S/C17H24N4O/c1-13-6-4-10-21(12-13)17-19-15-8-3-2-7-14(15)16(20-17)18-9-5-11-22/h2-3,7-8,13,22H,4-6,9-12H2,1H3,(H,18,19,20)/t13-/m0/s1. The third-order valence-electron chi connectivity index (χ3n) is 4.16. The summed E-state index contributed by atoms with van der Waals surface area (Å²) in [5, 5.41) is 13.3. The number of benzene rings is 1. The molecule has 22 heavy (non-hydrogen) atoms. The number of nitrogens with one attached hydrogen (secondary N) is 1. The minimum absolute atomic E-state index is 0.187. The molecule has 1 fully saturated rings. The van der Waals surface area contributed by atoms with Gasteiger partial charge in [0.15, 0.2) is 0 Å². The highest BCUT2D eigenvalue weighted by atomic mass is 16.3. The molecule has 0 spiro atoms. The highest BCUT2D eigenvalue weighted by Gasteiger charge is 2.20. The summed E-state index contributed by atoms with van der Waals surface area (Å²) in [5.74, 6) is 2.37. The van der Waals surface area contributed by atoms with Gasteiger partial charge in [-0.25, -0.2) is 4.98 Å². The number of nitrogens with zero attached hydrogens (tertiary/aromatic N) is 3. The van der Waals surface area contributed by atoms with Gasteiger partial charge in [0.1, 0.15) is 5.82 Å². The molecule has 118 valence electrons. The second-order valence-electron chi connectivity index (χ2n) is 6.09. The highest BCUT2D eigenvalue weighted by molar-refractivity contribution is 5.90. The number of piperidine rings is 1. The quantitative estimate of drug-likeness (QED) is 0.831. The predicted octanol–water partition coefficient (Wildman–Crippen LogP) is 2.66. The van der Waals surface area contributed by atoms with Crippen LogP contribution < -0.4 is 10.2 Å². The van der Waals surface area contributed by atoms with Crippen LogP contribution in [0.2, 0.25) is 0 Å². The van der Waals surface area contributed by atoms with Crippen molar-refractivity contribution in [1.29, 1.82) is 0 Å². The Bertz CT molecular complexity index is 631. The third-order valence-corrected chi connectivity index (χ3v) is 4.16. The van der Waals surface area contributed by atoms with E-state index < -0.39 is 0 Å². The third kappa shape index (κ3) is 3.30. The molecule has 0 amide bonds. The molecule has 5 nitrogen and oxygen atoms in total. The fourth-order valence-electron chi connectivity index (χ4n) is 3.00. The number of aliphatic hydroxyl groups is 1. The summed E-state index contributed by atoms with van der Waals surface area (Å²) in [6, 6.07) is 8.09. The Morgan fingerprint density at radius 3 is 3.00 bits per heavy atom. The maximum Gasteiger partial charge on any atom is 0.227 e. The van der Waals surface area contributed by atoms with Crippen LogP contribution in [0.15, 0.2) is 24.3 Å².